The van der Waals surface area contributed by atoms with Crippen molar-refractivity contribution in [3.8, 4) is 11.3 Å². The van der Waals surface area contributed by atoms with Gasteiger partial charge in [-0.2, -0.15) is 4.98 Å². The summed E-state index contributed by atoms with van der Waals surface area (Å²) in [6, 6.07) is 21.5. The van der Waals surface area contributed by atoms with Crippen LogP contribution >= 0.6 is 0 Å². The van der Waals surface area contributed by atoms with Crippen molar-refractivity contribution in [1.29, 1.82) is 0 Å². The lowest BCUT2D eigenvalue weighted by atomic mass is 10.0. The van der Waals surface area contributed by atoms with Gasteiger partial charge in [-0.15, -0.1) is 0 Å². The second-order valence-electron chi connectivity index (χ2n) is 4.85. The number of hydrogen-bond acceptors (Lipinski definition) is 3. The monoisotopic (exact) mass is 273 g/mol. The third-order valence-corrected chi connectivity index (χ3v) is 3.58. The van der Waals surface area contributed by atoms with Crippen LogP contribution in [0.2, 0.25) is 0 Å². The van der Waals surface area contributed by atoms with E-state index in [0.717, 1.165) is 21.7 Å². The van der Waals surface area contributed by atoms with Crippen LogP contribution in [0.5, 0.6) is 0 Å². The Kier molecular flexibility index (Phi) is 2.57. The van der Waals surface area contributed by atoms with E-state index in [-0.39, 0.29) is 0 Å². The van der Waals surface area contributed by atoms with E-state index >= 15 is 0 Å². The minimum absolute atomic E-state index is 0.563. The number of hydrogen-bond donors (Lipinski definition) is 0. The molecular formula is C18H11NO2. The number of benzene rings is 3. The molecule has 4 rings (SSSR count). The zero-order chi connectivity index (χ0) is 14.2. The first-order valence-corrected chi connectivity index (χ1v) is 6.71. The molecule has 0 aliphatic carbocycles. The van der Waals surface area contributed by atoms with Gasteiger partial charge in [-0.25, -0.2) is 4.79 Å². The zero-order valence-corrected chi connectivity index (χ0v) is 11.1. The average molecular weight is 273 g/mol. The summed E-state index contributed by atoms with van der Waals surface area (Å²) in [5.74, 6) is -0.573. The molecule has 0 aliphatic rings. The fourth-order valence-electron chi connectivity index (χ4n) is 2.65. The van der Waals surface area contributed by atoms with Crippen LogP contribution in [0.15, 0.2) is 75.9 Å². The smallest absolute Gasteiger partial charge is 0.408 e. The van der Waals surface area contributed by atoms with Gasteiger partial charge in [0.1, 0.15) is 5.58 Å². The highest BCUT2D eigenvalue weighted by atomic mass is 16.4. The molecule has 0 fully saturated rings. The van der Waals surface area contributed by atoms with Crippen molar-refractivity contribution in [2.45, 2.75) is 0 Å². The van der Waals surface area contributed by atoms with Crippen LogP contribution in [-0.2, 0) is 0 Å². The Hall–Kier alpha value is -2.94. The molecule has 0 radical (unpaired) electrons. The van der Waals surface area contributed by atoms with E-state index in [9.17, 15) is 4.79 Å². The minimum atomic E-state index is -0.573. The molecule has 0 atom stereocenters. The number of fused-ring (bicyclic) bond motifs is 3. The van der Waals surface area contributed by atoms with Gasteiger partial charge in [-0.1, -0.05) is 60.7 Å². The van der Waals surface area contributed by atoms with E-state index in [4.69, 9.17) is 4.42 Å². The van der Waals surface area contributed by atoms with Crippen molar-refractivity contribution in [2.75, 3.05) is 0 Å². The van der Waals surface area contributed by atoms with Crippen LogP contribution in [0.1, 0.15) is 0 Å². The largest absolute Gasteiger partial charge is 0.439 e. The topological polar surface area (TPSA) is 43.1 Å². The van der Waals surface area contributed by atoms with Crippen LogP contribution in [-0.4, -0.2) is 4.98 Å². The van der Waals surface area contributed by atoms with Crippen LogP contribution in [0.25, 0.3) is 33.0 Å². The Morgan fingerprint density at radius 2 is 1.57 bits per heavy atom. The first-order chi connectivity index (χ1) is 10.3. The van der Waals surface area contributed by atoms with Gasteiger partial charge in [0.2, 0.25) is 0 Å². The van der Waals surface area contributed by atoms with Gasteiger partial charge >= 0.3 is 5.76 Å². The fraction of sp³-hybridized carbons (Fsp3) is 0. The van der Waals surface area contributed by atoms with E-state index in [2.05, 4.69) is 4.98 Å². The minimum Gasteiger partial charge on any atom is -0.408 e. The second kappa shape index (κ2) is 4.56. The second-order valence-corrected chi connectivity index (χ2v) is 4.85. The number of aromatic nitrogens is 1. The summed E-state index contributed by atoms with van der Waals surface area (Å²) >= 11 is 0. The molecule has 3 nitrogen and oxygen atoms in total. The van der Waals surface area contributed by atoms with Gasteiger partial charge in [0.05, 0.1) is 11.1 Å². The molecule has 1 heterocycles. The summed E-state index contributed by atoms with van der Waals surface area (Å²) in [5, 5.41) is 3.00. The highest BCUT2D eigenvalue weighted by Crippen LogP contribution is 2.31. The summed E-state index contributed by atoms with van der Waals surface area (Å²) in [6.07, 6.45) is 0. The van der Waals surface area contributed by atoms with Gasteiger partial charge in [0.15, 0.2) is 0 Å². The first-order valence-electron chi connectivity index (χ1n) is 6.71. The average Bonchev–Trinajstić information content (AvgIpc) is 2.54. The van der Waals surface area contributed by atoms with E-state index < -0.39 is 5.76 Å². The predicted molar refractivity (Wildman–Crippen MR) is 83.2 cm³/mol. The molecule has 0 saturated heterocycles. The zero-order valence-electron chi connectivity index (χ0n) is 11.1. The molecule has 0 bridgehead atoms. The van der Waals surface area contributed by atoms with Gasteiger partial charge in [-0.3, -0.25) is 0 Å². The van der Waals surface area contributed by atoms with Crippen molar-refractivity contribution in [2.24, 2.45) is 0 Å². The van der Waals surface area contributed by atoms with Crippen LogP contribution in [0.3, 0.4) is 0 Å². The summed E-state index contributed by atoms with van der Waals surface area (Å²) in [5.41, 5.74) is 2.14. The Balaban J connectivity index is 2.24. The van der Waals surface area contributed by atoms with Gasteiger partial charge in [0.25, 0.3) is 0 Å². The van der Waals surface area contributed by atoms with Crippen molar-refractivity contribution < 1.29 is 4.42 Å². The molecule has 1 aromatic heterocycles. The van der Waals surface area contributed by atoms with E-state index in [1.165, 1.54) is 0 Å². The van der Waals surface area contributed by atoms with Crippen molar-refractivity contribution in [1.82, 2.24) is 4.98 Å². The molecule has 4 aromatic rings. The molecule has 100 valence electrons. The normalized spacial score (nSPS) is 11.0. The van der Waals surface area contributed by atoms with Crippen LogP contribution < -0.4 is 5.76 Å². The van der Waals surface area contributed by atoms with Crippen LogP contribution in [0.4, 0.5) is 0 Å². The molecular weight excluding hydrogens is 262 g/mol. The highest BCUT2D eigenvalue weighted by molar-refractivity contribution is 6.11. The molecule has 3 aromatic carbocycles. The molecule has 0 saturated carbocycles. The molecule has 0 amide bonds. The summed E-state index contributed by atoms with van der Waals surface area (Å²) < 4.78 is 5.27. The Bertz CT molecular complexity index is 1000. The quantitative estimate of drug-likeness (QED) is 0.492. The maximum atomic E-state index is 11.7. The van der Waals surface area contributed by atoms with E-state index in [1.807, 2.05) is 66.7 Å². The maximum Gasteiger partial charge on any atom is 0.439 e. The van der Waals surface area contributed by atoms with Gasteiger partial charge in [0, 0.05) is 5.56 Å². The Labute approximate surface area is 120 Å². The lowest BCUT2D eigenvalue weighted by molar-refractivity contribution is 0.533. The lowest BCUT2D eigenvalue weighted by Crippen LogP contribution is -2.05. The van der Waals surface area contributed by atoms with E-state index in [1.54, 1.807) is 0 Å². The van der Waals surface area contributed by atoms with Crippen molar-refractivity contribution >= 4 is 21.7 Å². The van der Waals surface area contributed by atoms with Gasteiger partial charge < -0.3 is 4.42 Å². The molecule has 0 aliphatic heterocycles. The number of rotatable bonds is 1. The predicted octanol–water partition coefficient (Wildman–Crippen LogP) is 4.01. The summed E-state index contributed by atoms with van der Waals surface area (Å²) in [4.78, 5) is 15.8. The molecule has 0 unspecified atom stereocenters. The van der Waals surface area contributed by atoms with Crippen LogP contribution in [0, 0.1) is 0 Å². The Morgan fingerprint density at radius 1 is 0.810 bits per heavy atom. The molecule has 0 N–H and O–H groups in total. The summed E-state index contributed by atoms with van der Waals surface area (Å²) in [7, 11) is 0. The molecule has 3 heteroatoms. The third kappa shape index (κ3) is 1.91. The SMILES string of the molecule is O=c1nc(-c2ccccc2)c2c(ccc3ccccc32)o1. The fourth-order valence-corrected chi connectivity index (χ4v) is 2.65. The molecule has 21 heavy (non-hydrogen) atoms. The maximum absolute atomic E-state index is 11.7. The van der Waals surface area contributed by atoms with E-state index in [0.29, 0.717) is 11.3 Å². The lowest BCUT2D eigenvalue weighted by Gasteiger charge is -2.07. The first kappa shape index (κ1) is 11.9. The van der Waals surface area contributed by atoms with Crippen molar-refractivity contribution in [3.63, 3.8) is 0 Å². The molecule has 0 spiro atoms. The summed E-state index contributed by atoms with van der Waals surface area (Å²) in [6.45, 7) is 0. The van der Waals surface area contributed by atoms with Crippen molar-refractivity contribution in [3.05, 3.63) is 77.3 Å². The number of nitrogens with zero attached hydrogens (tertiary/aromatic N) is 1. The highest BCUT2D eigenvalue weighted by Gasteiger charge is 2.12. The Morgan fingerprint density at radius 3 is 2.43 bits per heavy atom. The standard InChI is InChI=1S/C18H11NO2/c20-18-19-17(13-7-2-1-3-8-13)16-14-9-5-4-6-12(14)10-11-15(16)21-18/h1-11H. The third-order valence-electron chi connectivity index (χ3n) is 3.58. The van der Waals surface area contributed by atoms with Gasteiger partial charge in [-0.05, 0) is 16.8 Å².